The van der Waals surface area contributed by atoms with Crippen molar-refractivity contribution in [3.63, 3.8) is 0 Å². The van der Waals surface area contributed by atoms with Gasteiger partial charge in [0.1, 0.15) is 5.41 Å². The highest BCUT2D eigenvalue weighted by Gasteiger charge is 2.43. The minimum absolute atomic E-state index is 0.416. The number of amides is 1. The number of thiocarbonyl (C=S) groups is 1. The molecule has 1 aliphatic heterocycles. The van der Waals surface area contributed by atoms with Crippen LogP contribution in [0.2, 0.25) is 0 Å². The van der Waals surface area contributed by atoms with E-state index in [-0.39, 0.29) is 0 Å². The van der Waals surface area contributed by atoms with Crippen molar-refractivity contribution in [2.24, 2.45) is 5.73 Å². The fourth-order valence-electron chi connectivity index (χ4n) is 1.91. The Bertz CT molecular complexity index is 455. The van der Waals surface area contributed by atoms with Crippen molar-refractivity contribution in [2.45, 2.75) is 11.8 Å². The van der Waals surface area contributed by atoms with Crippen molar-refractivity contribution in [3.8, 4) is 0 Å². The summed E-state index contributed by atoms with van der Waals surface area (Å²) in [5.74, 6) is -0.416. The van der Waals surface area contributed by atoms with Gasteiger partial charge in [0.05, 0.1) is 4.99 Å². The van der Waals surface area contributed by atoms with E-state index in [2.05, 4.69) is 5.32 Å². The van der Waals surface area contributed by atoms with Crippen LogP contribution < -0.4 is 11.1 Å². The maximum absolute atomic E-state index is 11.7. The van der Waals surface area contributed by atoms with Crippen molar-refractivity contribution in [3.05, 3.63) is 48.2 Å². The van der Waals surface area contributed by atoms with E-state index >= 15 is 0 Å². The number of allylic oxidation sites excluding steroid dienone is 1. The number of carbonyl (C=O) groups excluding carboxylic acids is 1. The van der Waals surface area contributed by atoms with E-state index in [0.717, 1.165) is 5.56 Å². The molecule has 1 aliphatic rings. The van der Waals surface area contributed by atoms with Crippen LogP contribution in [0.3, 0.4) is 0 Å². The second-order valence-corrected chi connectivity index (χ2v) is 4.12. The third-order valence-corrected chi connectivity index (χ3v) is 3.30. The Morgan fingerprint density at radius 3 is 2.62 bits per heavy atom. The quantitative estimate of drug-likeness (QED) is 0.754. The molecule has 0 saturated heterocycles. The molecule has 1 amide bonds. The van der Waals surface area contributed by atoms with Crippen molar-refractivity contribution in [2.75, 3.05) is 0 Å². The van der Waals surface area contributed by atoms with Gasteiger partial charge in [0, 0.05) is 0 Å². The normalized spacial score (nSPS) is 23.9. The third-order valence-electron chi connectivity index (χ3n) is 2.83. The molecule has 1 heterocycles. The molecule has 0 fully saturated rings. The molecule has 1 aromatic rings. The number of nitrogens with one attached hydrogen (secondary N) is 1. The molecule has 3 N–H and O–H groups in total. The first-order chi connectivity index (χ1) is 7.68. The predicted octanol–water partition coefficient (Wildman–Crippen LogP) is 1.24. The lowest BCUT2D eigenvalue weighted by Crippen LogP contribution is -2.52. The Morgan fingerprint density at radius 1 is 1.38 bits per heavy atom. The molecule has 1 aromatic carbocycles. The minimum atomic E-state index is -0.897. The zero-order chi connectivity index (χ0) is 11.6. The van der Waals surface area contributed by atoms with E-state index in [1.807, 2.05) is 36.4 Å². The molecule has 82 valence electrons. The number of primary amides is 1. The molecule has 2 rings (SSSR count). The fourth-order valence-corrected chi connectivity index (χ4v) is 2.28. The number of carbonyl (C=O) groups is 1. The average molecular weight is 232 g/mol. The van der Waals surface area contributed by atoms with Gasteiger partial charge in [0.2, 0.25) is 5.91 Å². The highest BCUT2D eigenvalue weighted by atomic mass is 32.1. The van der Waals surface area contributed by atoms with Crippen LogP contribution in [0.5, 0.6) is 0 Å². The number of benzene rings is 1. The van der Waals surface area contributed by atoms with Crippen molar-refractivity contribution >= 4 is 23.1 Å². The fraction of sp³-hybridized carbons (Fsp3) is 0.167. The van der Waals surface area contributed by atoms with Crippen molar-refractivity contribution in [1.29, 1.82) is 0 Å². The lowest BCUT2D eigenvalue weighted by molar-refractivity contribution is -0.121. The molecule has 0 saturated carbocycles. The monoisotopic (exact) mass is 232 g/mol. The first-order valence-corrected chi connectivity index (χ1v) is 5.40. The van der Waals surface area contributed by atoms with Crippen LogP contribution in [0.1, 0.15) is 12.0 Å². The number of hydrogen-bond acceptors (Lipinski definition) is 2. The molecular formula is C12H12N2OS. The second-order valence-electron chi connectivity index (χ2n) is 3.72. The highest BCUT2D eigenvalue weighted by Crippen LogP contribution is 2.31. The van der Waals surface area contributed by atoms with Crippen LogP contribution in [0.25, 0.3) is 0 Å². The summed E-state index contributed by atoms with van der Waals surface area (Å²) in [7, 11) is 0. The Kier molecular flexibility index (Phi) is 2.75. The number of nitrogens with two attached hydrogens (primary N) is 1. The average Bonchev–Trinajstić information content (AvgIpc) is 2.30. The molecule has 0 aromatic heterocycles. The van der Waals surface area contributed by atoms with E-state index < -0.39 is 11.3 Å². The predicted molar refractivity (Wildman–Crippen MR) is 66.8 cm³/mol. The highest BCUT2D eigenvalue weighted by molar-refractivity contribution is 7.80. The zero-order valence-corrected chi connectivity index (χ0v) is 9.46. The Morgan fingerprint density at radius 2 is 2.06 bits per heavy atom. The molecular weight excluding hydrogens is 220 g/mol. The standard InChI is InChI=1S/C12H12N2OS/c13-10(15)12(7-4-8-14-11(12)16)9-5-2-1-3-6-9/h1-6,8H,7H2,(H2,13,15)(H,14,16). The Labute approximate surface area is 99.3 Å². The smallest absolute Gasteiger partial charge is 0.235 e. The maximum Gasteiger partial charge on any atom is 0.235 e. The van der Waals surface area contributed by atoms with E-state index in [1.165, 1.54) is 0 Å². The van der Waals surface area contributed by atoms with Gasteiger partial charge in [-0.3, -0.25) is 4.79 Å². The van der Waals surface area contributed by atoms with E-state index in [4.69, 9.17) is 18.0 Å². The first-order valence-electron chi connectivity index (χ1n) is 4.99. The van der Waals surface area contributed by atoms with Gasteiger partial charge in [-0.05, 0) is 18.2 Å². The molecule has 0 bridgehead atoms. The van der Waals surface area contributed by atoms with Gasteiger partial charge in [-0.15, -0.1) is 0 Å². The van der Waals surface area contributed by atoms with Crippen molar-refractivity contribution in [1.82, 2.24) is 5.32 Å². The Hall–Kier alpha value is -1.68. The maximum atomic E-state index is 11.7. The van der Waals surface area contributed by atoms with Gasteiger partial charge in [-0.1, -0.05) is 48.6 Å². The summed E-state index contributed by atoms with van der Waals surface area (Å²) in [5, 5.41) is 2.90. The van der Waals surface area contributed by atoms with Crippen LogP contribution >= 0.6 is 12.2 Å². The van der Waals surface area contributed by atoms with Crippen LogP contribution in [-0.2, 0) is 10.2 Å². The van der Waals surface area contributed by atoms with Crippen LogP contribution in [0.4, 0.5) is 0 Å². The van der Waals surface area contributed by atoms with Gasteiger partial charge in [-0.25, -0.2) is 0 Å². The SMILES string of the molecule is NC(=O)C1(c2ccccc2)CC=CNC1=S. The molecule has 1 unspecified atom stereocenters. The van der Waals surface area contributed by atoms with Crippen molar-refractivity contribution < 1.29 is 4.79 Å². The van der Waals surface area contributed by atoms with Gasteiger partial charge in [-0.2, -0.15) is 0 Å². The third kappa shape index (κ3) is 1.51. The lowest BCUT2D eigenvalue weighted by atomic mass is 9.75. The van der Waals surface area contributed by atoms with Gasteiger partial charge >= 0.3 is 0 Å². The summed E-state index contributed by atoms with van der Waals surface area (Å²) in [5.41, 5.74) is 5.46. The minimum Gasteiger partial charge on any atom is -0.369 e. The van der Waals surface area contributed by atoms with Crippen LogP contribution in [-0.4, -0.2) is 10.9 Å². The molecule has 0 aliphatic carbocycles. The molecule has 3 nitrogen and oxygen atoms in total. The summed E-state index contributed by atoms with van der Waals surface area (Å²) < 4.78 is 0. The zero-order valence-electron chi connectivity index (χ0n) is 8.64. The lowest BCUT2D eigenvalue weighted by Gasteiger charge is -2.33. The summed E-state index contributed by atoms with van der Waals surface area (Å²) in [6.45, 7) is 0. The second kappa shape index (κ2) is 4.06. The molecule has 0 spiro atoms. The first kappa shape index (κ1) is 10.8. The van der Waals surface area contributed by atoms with E-state index in [0.29, 0.717) is 11.4 Å². The largest absolute Gasteiger partial charge is 0.369 e. The van der Waals surface area contributed by atoms with E-state index in [9.17, 15) is 4.79 Å². The number of rotatable bonds is 2. The molecule has 16 heavy (non-hydrogen) atoms. The van der Waals surface area contributed by atoms with Gasteiger partial charge in [0.15, 0.2) is 0 Å². The molecule has 4 heteroatoms. The molecule has 0 radical (unpaired) electrons. The Balaban J connectivity index is 2.56. The molecule has 1 atom stereocenters. The van der Waals surface area contributed by atoms with E-state index in [1.54, 1.807) is 6.20 Å². The van der Waals surface area contributed by atoms with Gasteiger partial charge in [0.25, 0.3) is 0 Å². The summed E-state index contributed by atoms with van der Waals surface area (Å²) in [6.07, 6.45) is 4.12. The summed E-state index contributed by atoms with van der Waals surface area (Å²) in [4.78, 5) is 12.2. The van der Waals surface area contributed by atoms with Crippen LogP contribution in [0.15, 0.2) is 42.6 Å². The summed E-state index contributed by atoms with van der Waals surface area (Å²) in [6, 6.07) is 9.39. The van der Waals surface area contributed by atoms with Crippen LogP contribution in [0, 0.1) is 0 Å². The summed E-state index contributed by atoms with van der Waals surface area (Å²) >= 11 is 5.23. The topological polar surface area (TPSA) is 55.1 Å². The number of hydrogen-bond donors (Lipinski definition) is 2. The van der Waals surface area contributed by atoms with Gasteiger partial charge < -0.3 is 11.1 Å².